The predicted molar refractivity (Wildman–Crippen MR) is 88.5 cm³/mol. The maximum atomic E-state index is 10.7. The molecule has 2 aromatic rings. The van der Waals surface area contributed by atoms with Crippen LogP contribution in [0.15, 0.2) is 22.7 Å². The summed E-state index contributed by atoms with van der Waals surface area (Å²) in [5, 5.41) is 10.7. The van der Waals surface area contributed by atoms with Crippen molar-refractivity contribution in [1.29, 1.82) is 0 Å². The lowest BCUT2D eigenvalue weighted by Gasteiger charge is -2.17. The smallest absolute Gasteiger partial charge is 0.220 e. The summed E-state index contributed by atoms with van der Waals surface area (Å²) in [6.45, 7) is 0.327. The molecule has 1 aromatic carbocycles. The SMILES string of the molecule is COCc1cc(Br)cc(C(O)c2nc(OC)cc(OC)n2)c1N. The van der Waals surface area contributed by atoms with Crippen LogP contribution in [0.4, 0.5) is 5.69 Å². The monoisotopic (exact) mass is 383 g/mol. The van der Waals surface area contributed by atoms with Crippen molar-refractivity contribution in [2.75, 3.05) is 27.1 Å². The largest absolute Gasteiger partial charge is 0.481 e. The van der Waals surface area contributed by atoms with Gasteiger partial charge in [-0.05, 0) is 12.1 Å². The van der Waals surface area contributed by atoms with Crippen LogP contribution in [0.1, 0.15) is 23.1 Å². The Morgan fingerprint density at radius 3 is 2.26 bits per heavy atom. The number of rotatable bonds is 6. The summed E-state index contributed by atoms with van der Waals surface area (Å²) in [7, 11) is 4.52. The molecule has 0 aliphatic carbocycles. The number of aromatic nitrogens is 2. The Balaban J connectivity index is 2.50. The Kier molecular flexibility index (Phi) is 5.75. The molecule has 124 valence electrons. The fraction of sp³-hybridized carbons (Fsp3) is 0.333. The average molecular weight is 384 g/mol. The minimum absolute atomic E-state index is 0.134. The van der Waals surface area contributed by atoms with Crippen molar-refractivity contribution < 1.29 is 19.3 Å². The first-order valence-corrected chi connectivity index (χ1v) is 7.51. The maximum absolute atomic E-state index is 10.7. The van der Waals surface area contributed by atoms with Gasteiger partial charge < -0.3 is 25.1 Å². The minimum Gasteiger partial charge on any atom is -0.481 e. The molecular weight excluding hydrogens is 366 g/mol. The van der Waals surface area contributed by atoms with E-state index >= 15 is 0 Å². The van der Waals surface area contributed by atoms with E-state index in [9.17, 15) is 5.11 Å². The number of nitrogens with zero attached hydrogens (tertiary/aromatic N) is 2. The number of aliphatic hydroxyl groups excluding tert-OH is 1. The van der Waals surface area contributed by atoms with Crippen LogP contribution >= 0.6 is 15.9 Å². The third-order valence-corrected chi connectivity index (χ3v) is 3.67. The van der Waals surface area contributed by atoms with E-state index in [0.717, 1.165) is 10.0 Å². The van der Waals surface area contributed by atoms with Gasteiger partial charge in [-0.25, -0.2) is 0 Å². The van der Waals surface area contributed by atoms with Gasteiger partial charge in [0.1, 0.15) is 6.10 Å². The van der Waals surface area contributed by atoms with Crippen molar-refractivity contribution >= 4 is 21.6 Å². The zero-order valence-corrected chi connectivity index (χ0v) is 14.6. The van der Waals surface area contributed by atoms with Crippen molar-refractivity contribution in [2.45, 2.75) is 12.7 Å². The van der Waals surface area contributed by atoms with E-state index in [0.29, 0.717) is 17.9 Å². The van der Waals surface area contributed by atoms with Gasteiger partial charge in [-0.1, -0.05) is 15.9 Å². The first-order valence-electron chi connectivity index (χ1n) is 6.71. The van der Waals surface area contributed by atoms with Crippen molar-refractivity contribution in [3.8, 4) is 11.8 Å². The summed E-state index contributed by atoms with van der Waals surface area (Å²) in [5.41, 5.74) is 7.79. The average Bonchev–Trinajstić information content (AvgIpc) is 2.56. The number of benzene rings is 1. The molecule has 0 radical (unpaired) electrons. The molecule has 0 saturated heterocycles. The van der Waals surface area contributed by atoms with Crippen LogP contribution in [0.3, 0.4) is 0 Å². The Morgan fingerprint density at radius 2 is 1.74 bits per heavy atom. The summed E-state index contributed by atoms with van der Waals surface area (Å²) in [4.78, 5) is 8.31. The van der Waals surface area contributed by atoms with Crippen LogP contribution < -0.4 is 15.2 Å². The molecule has 0 saturated carbocycles. The maximum Gasteiger partial charge on any atom is 0.220 e. The van der Waals surface area contributed by atoms with E-state index in [1.807, 2.05) is 6.07 Å². The zero-order valence-electron chi connectivity index (χ0n) is 13.0. The molecule has 0 aliphatic rings. The Morgan fingerprint density at radius 1 is 1.13 bits per heavy atom. The van der Waals surface area contributed by atoms with Gasteiger partial charge in [-0.3, -0.25) is 0 Å². The number of ether oxygens (including phenoxy) is 3. The lowest BCUT2D eigenvalue weighted by atomic mass is 10.0. The van der Waals surface area contributed by atoms with E-state index in [4.69, 9.17) is 19.9 Å². The number of methoxy groups -OCH3 is 3. The summed E-state index contributed by atoms with van der Waals surface area (Å²) < 4.78 is 16.1. The van der Waals surface area contributed by atoms with Gasteiger partial charge >= 0.3 is 0 Å². The van der Waals surface area contributed by atoms with Crippen LogP contribution in [-0.2, 0) is 11.3 Å². The minimum atomic E-state index is -1.13. The number of hydrogen-bond acceptors (Lipinski definition) is 7. The topological polar surface area (TPSA) is 99.7 Å². The molecule has 8 heteroatoms. The number of nitrogen functional groups attached to an aromatic ring is 1. The Bertz CT molecular complexity index is 674. The van der Waals surface area contributed by atoms with Crippen LogP contribution in [0.25, 0.3) is 0 Å². The van der Waals surface area contributed by atoms with E-state index < -0.39 is 6.10 Å². The van der Waals surface area contributed by atoms with Gasteiger partial charge in [0.2, 0.25) is 11.8 Å². The molecule has 23 heavy (non-hydrogen) atoms. The second kappa shape index (κ2) is 7.58. The summed E-state index contributed by atoms with van der Waals surface area (Å²) in [6, 6.07) is 5.08. The van der Waals surface area contributed by atoms with Gasteiger partial charge in [0.25, 0.3) is 0 Å². The van der Waals surface area contributed by atoms with E-state index in [1.165, 1.54) is 20.3 Å². The standard InChI is InChI=1S/C15H18BrN3O4/c1-21-7-8-4-9(16)5-10(13(8)17)14(20)15-18-11(22-2)6-12(19-15)23-3/h4-6,14,20H,7,17H2,1-3H3. The second-order valence-electron chi connectivity index (χ2n) is 4.71. The molecule has 7 nitrogen and oxygen atoms in total. The molecule has 1 unspecified atom stereocenters. The fourth-order valence-corrected chi connectivity index (χ4v) is 2.61. The molecule has 1 heterocycles. The lowest BCUT2D eigenvalue weighted by molar-refractivity contribution is 0.184. The van der Waals surface area contributed by atoms with Crippen molar-refractivity contribution in [3.05, 3.63) is 39.6 Å². The highest BCUT2D eigenvalue weighted by Gasteiger charge is 2.21. The first-order chi connectivity index (χ1) is 11.0. The molecule has 0 bridgehead atoms. The van der Waals surface area contributed by atoms with Crippen LogP contribution in [0.2, 0.25) is 0 Å². The Hall–Kier alpha value is -1.90. The van der Waals surface area contributed by atoms with Gasteiger partial charge in [0.05, 0.1) is 26.9 Å². The van der Waals surface area contributed by atoms with Crippen molar-refractivity contribution in [2.24, 2.45) is 0 Å². The van der Waals surface area contributed by atoms with Gasteiger partial charge in [-0.2, -0.15) is 9.97 Å². The van der Waals surface area contributed by atoms with Gasteiger partial charge in [0, 0.05) is 28.4 Å². The molecule has 1 atom stereocenters. The van der Waals surface area contributed by atoms with Gasteiger partial charge in [-0.15, -0.1) is 0 Å². The van der Waals surface area contributed by atoms with Crippen LogP contribution in [0.5, 0.6) is 11.8 Å². The molecule has 0 spiro atoms. The predicted octanol–water partition coefficient (Wildman–Crippen LogP) is 2.07. The van der Waals surface area contributed by atoms with Gasteiger partial charge in [0.15, 0.2) is 5.82 Å². The normalized spacial score (nSPS) is 12.0. The first kappa shape index (κ1) is 17.5. The number of aliphatic hydroxyl groups is 1. The van der Waals surface area contributed by atoms with Crippen LogP contribution in [0, 0.1) is 0 Å². The van der Waals surface area contributed by atoms with Crippen molar-refractivity contribution in [3.63, 3.8) is 0 Å². The quantitative estimate of drug-likeness (QED) is 0.736. The highest BCUT2D eigenvalue weighted by molar-refractivity contribution is 9.10. The number of halogens is 1. The van der Waals surface area contributed by atoms with E-state index in [2.05, 4.69) is 25.9 Å². The lowest BCUT2D eigenvalue weighted by Crippen LogP contribution is -2.11. The Labute approximate surface area is 142 Å². The van der Waals surface area contributed by atoms with Crippen LogP contribution in [-0.4, -0.2) is 36.4 Å². The number of anilines is 1. The molecule has 0 amide bonds. The molecule has 3 N–H and O–H groups in total. The highest BCUT2D eigenvalue weighted by atomic mass is 79.9. The molecular formula is C15H18BrN3O4. The third kappa shape index (κ3) is 3.90. The number of hydrogen-bond donors (Lipinski definition) is 2. The molecule has 2 rings (SSSR count). The molecule has 1 aromatic heterocycles. The molecule has 0 aliphatic heterocycles. The van der Waals surface area contributed by atoms with E-state index in [-0.39, 0.29) is 17.6 Å². The summed E-state index contributed by atoms with van der Waals surface area (Å²) >= 11 is 3.40. The molecule has 0 fully saturated rings. The highest BCUT2D eigenvalue weighted by Crippen LogP contribution is 2.32. The second-order valence-corrected chi connectivity index (χ2v) is 5.63. The summed E-state index contributed by atoms with van der Waals surface area (Å²) in [6.07, 6.45) is -1.13. The van der Waals surface area contributed by atoms with E-state index in [1.54, 1.807) is 13.2 Å². The van der Waals surface area contributed by atoms with Crippen molar-refractivity contribution in [1.82, 2.24) is 9.97 Å². The zero-order chi connectivity index (χ0) is 17.0. The fourth-order valence-electron chi connectivity index (χ4n) is 2.09. The third-order valence-electron chi connectivity index (χ3n) is 3.22. The summed E-state index contributed by atoms with van der Waals surface area (Å²) in [5.74, 6) is 0.711. The number of nitrogens with two attached hydrogens (primary N) is 1.